The third-order valence-corrected chi connectivity index (χ3v) is 4.83. The number of hydrogen-bond acceptors (Lipinski definition) is 4. The van der Waals surface area contributed by atoms with Crippen molar-refractivity contribution >= 4 is 15.6 Å². The van der Waals surface area contributed by atoms with Gasteiger partial charge < -0.3 is 0 Å². The van der Waals surface area contributed by atoms with Crippen molar-refractivity contribution in [1.29, 1.82) is 0 Å². The van der Waals surface area contributed by atoms with Gasteiger partial charge in [-0.3, -0.25) is 9.78 Å². The van der Waals surface area contributed by atoms with Gasteiger partial charge in [-0.2, -0.15) is 0 Å². The van der Waals surface area contributed by atoms with Crippen molar-refractivity contribution in [3.05, 3.63) is 29.6 Å². The van der Waals surface area contributed by atoms with Gasteiger partial charge in [0.1, 0.15) is 0 Å². The SMILES string of the molecule is Cc1cncc(C(=O)CC2CCS(=O)(=O)C2)c1. The number of ketones is 1. The molecule has 4 nitrogen and oxygen atoms in total. The molecule has 92 valence electrons. The molecule has 17 heavy (non-hydrogen) atoms. The average molecular weight is 253 g/mol. The van der Waals surface area contributed by atoms with Crippen molar-refractivity contribution in [2.45, 2.75) is 19.8 Å². The Morgan fingerprint density at radius 1 is 1.47 bits per heavy atom. The summed E-state index contributed by atoms with van der Waals surface area (Å²) in [5.41, 5.74) is 1.52. The summed E-state index contributed by atoms with van der Waals surface area (Å²) in [4.78, 5) is 15.9. The van der Waals surface area contributed by atoms with Gasteiger partial charge in [0.2, 0.25) is 0 Å². The third-order valence-electron chi connectivity index (χ3n) is 3.00. The van der Waals surface area contributed by atoms with Crippen LogP contribution in [0.3, 0.4) is 0 Å². The van der Waals surface area contributed by atoms with E-state index in [9.17, 15) is 13.2 Å². The smallest absolute Gasteiger partial charge is 0.164 e. The number of carbonyl (C=O) groups excluding carboxylic acids is 1. The molecule has 1 saturated heterocycles. The molecule has 5 heteroatoms. The summed E-state index contributed by atoms with van der Waals surface area (Å²) in [5, 5.41) is 0. The number of hydrogen-bond donors (Lipinski definition) is 0. The Morgan fingerprint density at radius 2 is 2.24 bits per heavy atom. The molecular formula is C12H15NO3S. The van der Waals surface area contributed by atoms with E-state index in [1.807, 2.05) is 6.92 Å². The summed E-state index contributed by atoms with van der Waals surface area (Å²) in [6.07, 6.45) is 4.15. The molecule has 0 aromatic carbocycles. The fourth-order valence-electron chi connectivity index (χ4n) is 2.12. The van der Waals surface area contributed by atoms with Gasteiger partial charge in [-0.25, -0.2) is 8.42 Å². The average Bonchev–Trinajstić information content (AvgIpc) is 2.58. The minimum Gasteiger partial charge on any atom is -0.294 e. The van der Waals surface area contributed by atoms with Crippen molar-refractivity contribution in [1.82, 2.24) is 4.98 Å². The first kappa shape index (κ1) is 12.2. The predicted molar refractivity (Wildman–Crippen MR) is 64.7 cm³/mol. The maximum atomic E-state index is 11.9. The van der Waals surface area contributed by atoms with Gasteiger partial charge in [0.05, 0.1) is 11.5 Å². The lowest BCUT2D eigenvalue weighted by Gasteiger charge is -2.06. The number of carbonyl (C=O) groups is 1. The Kier molecular flexibility index (Phi) is 3.28. The Morgan fingerprint density at radius 3 is 2.82 bits per heavy atom. The number of nitrogens with zero attached hydrogens (tertiary/aromatic N) is 1. The molecule has 1 aromatic rings. The molecule has 2 rings (SSSR count). The number of sulfone groups is 1. The first-order valence-electron chi connectivity index (χ1n) is 5.61. The molecule has 1 aromatic heterocycles. The number of Topliss-reactive ketones (excluding diaryl/α,β-unsaturated/α-hetero) is 1. The summed E-state index contributed by atoms with van der Waals surface area (Å²) >= 11 is 0. The predicted octanol–water partition coefficient (Wildman–Crippen LogP) is 1.40. The highest BCUT2D eigenvalue weighted by atomic mass is 32.2. The Labute approximate surface area is 101 Å². The third kappa shape index (κ3) is 3.12. The molecule has 1 fully saturated rings. The lowest BCUT2D eigenvalue weighted by Crippen LogP contribution is -2.11. The summed E-state index contributed by atoms with van der Waals surface area (Å²) < 4.78 is 22.6. The second kappa shape index (κ2) is 4.56. The molecular weight excluding hydrogens is 238 g/mol. The van der Waals surface area contributed by atoms with Crippen LogP contribution in [0.25, 0.3) is 0 Å². The summed E-state index contributed by atoms with van der Waals surface area (Å²) in [6, 6.07) is 1.79. The molecule has 1 atom stereocenters. The van der Waals surface area contributed by atoms with Crippen molar-refractivity contribution < 1.29 is 13.2 Å². The van der Waals surface area contributed by atoms with E-state index in [0.29, 0.717) is 18.4 Å². The topological polar surface area (TPSA) is 64.1 Å². The van der Waals surface area contributed by atoms with Crippen LogP contribution in [0.1, 0.15) is 28.8 Å². The maximum Gasteiger partial charge on any atom is 0.164 e. The van der Waals surface area contributed by atoms with E-state index in [2.05, 4.69) is 4.98 Å². The first-order valence-corrected chi connectivity index (χ1v) is 7.44. The van der Waals surface area contributed by atoms with Crippen LogP contribution >= 0.6 is 0 Å². The monoisotopic (exact) mass is 253 g/mol. The molecule has 1 aliphatic rings. The van der Waals surface area contributed by atoms with Crippen LogP contribution < -0.4 is 0 Å². The molecule has 1 unspecified atom stereocenters. The van der Waals surface area contributed by atoms with Crippen LogP contribution in [0, 0.1) is 12.8 Å². The van der Waals surface area contributed by atoms with E-state index in [4.69, 9.17) is 0 Å². The quantitative estimate of drug-likeness (QED) is 0.764. The lowest BCUT2D eigenvalue weighted by atomic mass is 9.98. The largest absolute Gasteiger partial charge is 0.294 e. The fourth-order valence-corrected chi connectivity index (χ4v) is 3.98. The normalized spacial score (nSPS) is 22.5. The first-order chi connectivity index (χ1) is 7.96. The van der Waals surface area contributed by atoms with Gasteiger partial charge in [0.15, 0.2) is 15.6 Å². The highest BCUT2D eigenvalue weighted by molar-refractivity contribution is 7.91. The van der Waals surface area contributed by atoms with E-state index >= 15 is 0 Å². The van der Waals surface area contributed by atoms with Crippen LogP contribution in [-0.4, -0.2) is 30.7 Å². The Hall–Kier alpha value is -1.23. The standard InChI is InChI=1S/C12H15NO3S/c1-9-4-11(7-13-6-9)12(14)5-10-2-3-17(15,16)8-10/h4,6-7,10H,2-3,5,8H2,1H3. The number of aryl methyl sites for hydroxylation is 1. The van der Waals surface area contributed by atoms with E-state index in [0.717, 1.165) is 5.56 Å². The van der Waals surface area contributed by atoms with E-state index < -0.39 is 9.84 Å². The Balaban J connectivity index is 2.03. The van der Waals surface area contributed by atoms with Gasteiger partial charge in [0.25, 0.3) is 0 Å². The molecule has 0 N–H and O–H groups in total. The molecule has 0 saturated carbocycles. The van der Waals surface area contributed by atoms with Crippen LogP contribution in [0.15, 0.2) is 18.5 Å². The van der Waals surface area contributed by atoms with Crippen molar-refractivity contribution in [3.63, 3.8) is 0 Å². The minimum atomic E-state index is -2.90. The fraction of sp³-hybridized carbons (Fsp3) is 0.500. The molecule has 0 bridgehead atoms. The van der Waals surface area contributed by atoms with E-state index in [-0.39, 0.29) is 23.2 Å². The molecule has 0 amide bonds. The number of pyridine rings is 1. The highest BCUT2D eigenvalue weighted by Gasteiger charge is 2.29. The lowest BCUT2D eigenvalue weighted by molar-refractivity contribution is 0.0965. The highest BCUT2D eigenvalue weighted by Crippen LogP contribution is 2.23. The molecule has 0 spiro atoms. The van der Waals surface area contributed by atoms with Crippen LogP contribution in [0.4, 0.5) is 0 Å². The number of rotatable bonds is 3. The molecule has 0 aliphatic carbocycles. The van der Waals surface area contributed by atoms with Gasteiger partial charge in [-0.15, -0.1) is 0 Å². The van der Waals surface area contributed by atoms with Gasteiger partial charge in [-0.05, 0) is 30.9 Å². The zero-order valence-electron chi connectivity index (χ0n) is 9.72. The van der Waals surface area contributed by atoms with Gasteiger partial charge in [-0.1, -0.05) is 0 Å². The number of aromatic nitrogens is 1. The van der Waals surface area contributed by atoms with E-state index in [1.165, 1.54) is 0 Å². The van der Waals surface area contributed by atoms with Crippen LogP contribution in [0.5, 0.6) is 0 Å². The summed E-state index contributed by atoms with van der Waals surface area (Å²) in [7, 11) is -2.90. The second-order valence-corrected chi connectivity index (χ2v) is 6.88. The van der Waals surface area contributed by atoms with Crippen LogP contribution in [-0.2, 0) is 9.84 Å². The zero-order chi connectivity index (χ0) is 12.5. The van der Waals surface area contributed by atoms with E-state index in [1.54, 1.807) is 18.5 Å². The maximum absolute atomic E-state index is 11.9. The minimum absolute atomic E-state index is 0.0108. The molecule has 2 heterocycles. The summed E-state index contributed by atoms with van der Waals surface area (Å²) in [5.74, 6) is 0.339. The van der Waals surface area contributed by atoms with Crippen molar-refractivity contribution in [2.75, 3.05) is 11.5 Å². The molecule has 1 aliphatic heterocycles. The van der Waals surface area contributed by atoms with Gasteiger partial charge >= 0.3 is 0 Å². The summed E-state index contributed by atoms with van der Waals surface area (Å²) in [6.45, 7) is 1.88. The Bertz CT molecular complexity index is 536. The van der Waals surface area contributed by atoms with Crippen molar-refractivity contribution in [3.8, 4) is 0 Å². The molecule has 0 radical (unpaired) electrons. The second-order valence-electron chi connectivity index (χ2n) is 4.65. The van der Waals surface area contributed by atoms with Crippen molar-refractivity contribution in [2.24, 2.45) is 5.92 Å². The zero-order valence-corrected chi connectivity index (χ0v) is 10.5. The van der Waals surface area contributed by atoms with Gasteiger partial charge in [0, 0.05) is 24.4 Å². The van der Waals surface area contributed by atoms with Crippen LogP contribution in [0.2, 0.25) is 0 Å².